The summed E-state index contributed by atoms with van der Waals surface area (Å²) in [7, 11) is 1.59. The monoisotopic (exact) mass is 354 g/mol. The zero-order valence-electron chi connectivity index (χ0n) is 13.5. The highest BCUT2D eigenvalue weighted by Crippen LogP contribution is 2.29. The van der Waals surface area contributed by atoms with E-state index >= 15 is 0 Å². The van der Waals surface area contributed by atoms with Crippen LogP contribution in [0, 0.1) is 0 Å². The molecule has 3 rings (SSSR count). The molecule has 1 aliphatic rings. The molecule has 2 heterocycles. The molecular weight excluding hydrogens is 337 g/mol. The Morgan fingerprint density at radius 3 is 2.56 bits per heavy atom. The van der Waals surface area contributed by atoms with Gasteiger partial charge in [-0.25, -0.2) is 9.48 Å². The molecule has 25 heavy (non-hydrogen) atoms. The molecule has 1 N–H and O–H groups in total. The third kappa shape index (κ3) is 3.59. The van der Waals surface area contributed by atoms with Crippen LogP contribution in [0.5, 0.6) is 0 Å². The van der Waals surface area contributed by atoms with E-state index in [1.807, 2.05) is 0 Å². The highest BCUT2D eigenvalue weighted by atomic mass is 19.4. The lowest BCUT2D eigenvalue weighted by Gasteiger charge is -2.16. The number of fused-ring (bicyclic) bond motifs is 1. The fraction of sp³-hybridized carbons (Fsp3) is 0.438. The zero-order valence-corrected chi connectivity index (χ0v) is 13.5. The Morgan fingerprint density at radius 1 is 1.24 bits per heavy atom. The van der Waals surface area contributed by atoms with Gasteiger partial charge in [-0.2, -0.15) is 18.3 Å². The summed E-state index contributed by atoms with van der Waals surface area (Å²) in [5.41, 5.74) is -0.810. The third-order valence-electron chi connectivity index (χ3n) is 4.31. The number of halogens is 3. The second-order valence-electron chi connectivity index (χ2n) is 6.05. The average molecular weight is 354 g/mol. The molecule has 1 aliphatic heterocycles. The number of amides is 1. The Balaban J connectivity index is 1.65. The molecular formula is C16H17F3N4O2. The Kier molecular flexibility index (Phi) is 4.40. The van der Waals surface area contributed by atoms with Crippen molar-refractivity contribution < 1.29 is 18.0 Å². The van der Waals surface area contributed by atoms with E-state index in [1.165, 1.54) is 4.68 Å². The van der Waals surface area contributed by atoms with Crippen LogP contribution in [0.1, 0.15) is 34.6 Å². The molecule has 1 atom stereocenters. The summed E-state index contributed by atoms with van der Waals surface area (Å²) in [6.07, 6.45) is -2.70. The topological polar surface area (TPSA) is 68.9 Å². The molecule has 6 nitrogen and oxygen atoms in total. The molecule has 0 saturated carbocycles. The number of carbonyl (C=O) groups excluding carboxylic acids is 1. The van der Waals surface area contributed by atoms with Gasteiger partial charge >= 0.3 is 11.9 Å². The highest BCUT2D eigenvalue weighted by Gasteiger charge is 2.30. The minimum atomic E-state index is -4.43. The van der Waals surface area contributed by atoms with E-state index in [0.29, 0.717) is 31.6 Å². The van der Waals surface area contributed by atoms with Crippen LogP contribution >= 0.6 is 0 Å². The van der Waals surface area contributed by atoms with Gasteiger partial charge in [0.2, 0.25) is 0 Å². The third-order valence-corrected chi connectivity index (χ3v) is 4.31. The van der Waals surface area contributed by atoms with E-state index in [2.05, 4.69) is 10.4 Å². The van der Waals surface area contributed by atoms with E-state index in [1.54, 1.807) is 11.6 Å². The SMILES string of the molecule is Cn1nc2n(c1=O)CCC(NC(=O)c1ccc(C(F)(F)F)cc1)CC2. The van der Waals surface area contributed by atoms with Gasteiger partial charge in [-0.15, -0.1) is 0 Å². The van der Waals surface area contributed by atoms with Crippen LogP contribution < -0.4 is 11.0 Å². The summed E-state index contributed by atoms with van der Waals surface area (Å²) in [5.74, 6) is 0.255. The van der Waals surface area contributed by atoms with Crippen LogP contribution in [0.3, 0.4) is 0 Å². The van der Waals surface area contributed by atoms with Crippen LogP contribution in [-0.2, 0) is 26.2 Å². The van der Waals surface area contributed by atoms with Crippen LogP contribution in [0.2, 0.25) is 0 Å². The summed E-state index contributed by atoms with van der Waals surface area (Å²) < 4.78 is 40.6. The van der Waals surface area contributed by atoms with Gasteiger partial charge in [-0.3, -0.25) is 9.36 Å². The van der Waals surface area contributed by atoms with Crippen molar-refractivity contribution in [3.05, 3.63) is 51.7 Å². The van der Waals surface area contributed by atoms with Gasteiger partial charge < -0.3 is 5.32 Å². The van der Waals surface area contributed by atoms with Gasteiger partial charge in [0.05, 0.1) is 5.56 Å². The van der Waals surface area contributed by atoms with Gasteiger partial charge in [0.25, 0.3) is 5.91 Å². The van der Waals surface area contributed by atoms with Gasteiger partial charge in [0.15, 0.2) is 0 Å². The first-order valence-electron chi connectivity index (χ1n) is 7.86. The average Bonchev–Trinajstić information content (AvgIpc) is 2.72. The number of alkyl halides is 3. The number of aromatic nitrogens is 3. The summed E-state index contributed by atoms with van der Waals surface area (Å²) in [4.78, 5) is 24.2. The Bertz CT molecular complexity index is 837. The first-order valence-corrected chi connectivity index (χ1v) is 7.86. The van der Waals surface area contributed by atoms with E-state index in [0.717, 1.165) is 24.3 Å². The smallest absolute Gasteiger partial charge is 0.349 e. The second-order valence-corrected chi connectivity index (χ2v) is 6.05. The Hall–Kier alpha value is -2.58. The quantitative estimate of drug-likeness (QED) is 0.893. The molecule has 0 aliphatic carbocycles. The standard InChI is InChI=1S/C16H17F3N4O2/c1-22-15(25)23-9-8-12(6-7-13(23)21-22)20-14(24)10-2-4-11(5-3-10)16(17,18)19/h2-5,12H,6-9H2,1H3,(H,20,24). The van der Waals surface area contributed by atoms with Gasteiger partial charge in [-0.1, -0.05) is 0 Å². The van der Waals surface area contributed by atoms with E-state index in [4.69, 9.17) is 0 Å². The minimum absolute atomic E-state index is 0.166. The Morgan fingerprint density at radius 2 is 1.92 bits per heavy atom. The second kappa shape index (κ2) is 6.38. The number of nitrogens with zero attached hydrogens (tertiary/aromatic N) is 3. The van der Waals surface area contributed by atoms with Gasteiger partial charge in [0.1, 0.15) is 5.82 Å². The zero-order chi connectivity index (χ0) is 18.2. The molecule has 1 unspecified atom stereocenters. The summed E-state index contributed by atoms with van der Waals surface area (Å²) in [6, 6.07) is 3.94. The molecule has 1 aromatic carbocycles. The van der Waals surface area contributed by atoms with Gasteiger partial charge in [0, 0.05) is 31.6 Å². The lowest BCUT2D eigenvalue weighted by Crippen LogP contribution is -2.35. The highest BCUT2D eigenvalue weighted by molar-refractivity contribution is 5.94. The van der Waals surface area contributed by atoms with E-state index in [-0.39, 0.29) is 17.3 Å². The molecule has 1 aromatic heterocycles. The molecule has 0 saturated heterocycles. The number of rotatable bonds is 2. The number of aryl methyl sites for hydroxylation is 2. The van der Waals surface area contributed by atoms with Crippen molar-refractivity contribution in [3.63, 3.8) is 0 Å². The van der Waals surface area contributed by atoms with Crippen molar-refractivity contribution >= 4 is 5.91 Å². The normalized spacial score (nSPS) is 17.7. The van der Waals surface area contributed by atoms with Crippen molar-refractivity contribution in [2.75, 3.05) is 0 Å². The molecule has 2 aromatic rings. The van der Waals surface area contributed by atoms with Crippen molar-refractivity contribution in [2.45, 2.75) is 38.0 Å². The van der Waals surface area contributed by atoms with Crippen molar-refractivity contribution in [3.8, 4) is 0 Å². The minimum Gasteiger partial charge on any atom is -0.349 e. The summed E-state index contributed by atoms with van der Waals surface area (Å²) in [6.45, 7) is 0.444. The summed E-state index contributed by atoms with van der Waals surface area (Å²) in [5, 5.41) is 6.99. The molecule has 0 radical (unpaired) electrons. The van der Waals surface area contributed by atoms with Crippen LogP contribution in [0.25, 0.3) is 0 Å². The molecule has 0 spiro atoms. The maximum Gasteiger partial charge on any atom is 0.416 e. The van der Waals surface area contributed by atoms with Crippen molar-refractivity contribution in [1.82, 2.24) is 19.7 Å². The maximum atomic E-state index is 12.6. The fourth-order valence-electron chi connectivity index (χ4n) is 2.92. The molecule has 134 valence electrons. The van der Waals surface area contributed by atoms with Gasteiger partial charge in [-0.05, 0) is 37.1 Å². The molecule has 0 bridgehead atoms. The number of carbonyl (C=O) groups is 1. The van der Waals surface area contributed by atoms with Crippen molar-refractivity contribution in [2.24, 2.45) is 7.05 Å². The Labute approximate surface area is 141 Å². The first-order chi connectivity index (χ1) is 11.8. The number of benzene rings is 1. The largest absolute Gasteiger partial charge is 0.416 e. The number of hydrogen-bond donors (Lipinski definition) is 1. The van der Waals surface area contributed by atoms with Crippen LogP contribution in [0.4, 0.5) is 13.2 Å². The maximum absolute atomic E-state index is 12.6. The predicted molar refractivity (Wildman–Crippen MR) is 83.1 cm³/mol. The summed E-state index contributed by atoms with van der Waals surface area (Å²) >= 11 is 0. The van der Waals surface area contributed by atoms with Crippen molar-refractivity contribution in [1.29, 1.82) is 0 Å². The van der Waals surface area contributed by atoms with Crippen LogP contribution in [-0.4, -0.2) is 26.3 Å². The number of nitrogens with one attached hydrogen (secondary N) is 1. The molecule has 0 fully saturated rings. The van der Waals surface area contributed by atoms with E-state index < -0.39 is 17.6 Å². The predicted octanol–water partition coefficient (Wildman–Crippen LogP) is 1.74. The molecule has 9 heteroatoms. The molecule has 1 amide bonds. The fourth-order valence-corrected chi connectivity index (χ4v) is 2.92. The number of hydrogen-bond acceptors (Lipinski definition) is 3. The van der Waals surface area contributed by atoms with E-state index in [9.17, 15) is 22.8 Å². The lowest BCUT2D eigenvalue weighted by molar-refractivity contribution is -0.137. The lowest BCUT2D eigenvalue weighted by atomic mass is 10.1. The van der Waals surface area contributed by atoms with Crippen LogP contribution in [0.15, 0.2) is 29.1 Å². The first kappa shape index (κ1) is 17.2.